The van der Waals surface area contributed by atoms with Gasteiger partial charge in [0.25, 0.3) is 0 Å². The Morgan fingerprint density at radius 3 is 2.43 bits per heavy atom. The number of allylic oxidation sites excluding steroid dienone is 1. The van der Waals surface area contributed by atoms with Crippen molar-refractivity contribution in [2.45, 2.75) is 56.5 Å². The number of carbonyl (C=O) groups excluding carboxylic acids is 1. The molecule has 0 radical (unpaired) electrons. The van der Waals surface area contributed by atoms with E-state index in [-0.39, 0.29) is 17.1 Å². The first-order valence-corrected chi connectivity index (χ1v) is 15.2. The molecule has 42 heavy (non-hydrogen) atoms. The van der Waals surface area contributed by atoms with Gasteiger partial charge in [0.2, 0.25) is 6.29 Å². The standard InChI is InChI=1S/C36H39NO5/c1-39-31-16-15-27-19-29-28-20-32(40-2)30(38)21-36(28,17-18-37(29)22-24-13-14-24)33(27)34(31)42-35(26-11-7-4-8-12-26)41-23-25-9-5-3-6-10-25/h3-12,15-16,20,24,28-29,35H,13-14,17-19,21-23H2,1-2H3/t28?,29-,35?,36+/m0/s1. The van der Waals surface area contributed by atoms with Gasteiger partial charge in [-0.2, -0.15) is 0 Å². The summed E-state index contributed by atoms with van der Waals surface area (Å²) in [5, 5.41) is 0. The highest BCUT2D eigenvalue weighted by molar-refractivity contribution is 5.96. The fraction of sp³-hybridized carbons (Fsp3) is 0.417. The number of likely N-dealkylation sites (tertiary alicyclic amines) is 1. The highest BCUT2D eigenvalue weighted by atomic mass is 16.7. The van der Waals surface area contributed by atoms with Crippen molar-refractivity contribution in [2.24, 2.45) is 11.8 Å². The molecule has 0 spiro atoms. The van der Waals surface area contributed by atoms with Crippen LogP contribution in [0.5, 0.6) is 11.5 Å². The summed E-state index contributed by atoms with van der Waals surface area (Å²) in [5.41, 5.74) is 3.96. The van der Waals surface area contributed by atoms with Gasteiger partial charge in [0.05, 0.1) is 20.8 Å². The lowest BCUT2D eigenvalue weighted by Gasteiger charge is -2.57. The van der Waals surface area contributed by atoms with Gasteiger partial charge >= 0.3 is 0 Å². The highest BCUT2D eigenvalue weighted by Crippen LogP contribution is 2.59. The summed E-state index contributed by atoms with van der Waals surface area (Å²) in [4.78, 5) is 16.2. The molecule has 4 aliphatic rings. The number of methoxy groups -OCH3 is 2. The molecule has 0 amide bonds. The number of hydrogen-bond acceptors (Lipinski definition) is 6. The molecule has 3 aromatic rings. The van der Waals surface area contributed by atoms with Gasteiger partial charge in [0.15, 0.2) is 23.0 Å². The molecule has 1 heterocycles. The van der Waals surface area contributed by atoms with Crippen LogP contribution in [0.3, 0.4) is 0 Å². The van der Waals surface area contributed by atoms with E-state index in [1.54, 1.807) is 14.2 Å². The van der Waals surface area contributed by atoms with Crippen molar-refractivity contribution in [3.05, 3.63) is 107 Å². The number of nitrogens with zero attached hydrogens (tertiary/aromatic N) is 1. The number of rotatable bonds is 10. The van der Waals surface area contributed by atoms with E-state index < -0.39 is 6.29 Å². The van der Waals surface area contributed by atoms with Gasteiger partial charge in [-0.15, -0.1) is 0 Å². The molecule has 4 atom stereocenters. The second-order valence-corrected chi connectivity index (χ2v) is 12.3. The van der Waals surface area contributed by atoms with Crippen LogP contribution in [0.4, 0.5) is 0 Å². The predicted octanol–water partition coefficient (Wildman–Crippen LogP) is 6.39. The smallest absolute Gasteiger partial charge is 0.227 e. The van der Waals surface area contributed by atoms with Crippen LogP contribution in [0.2, 0.25) is 0 Å². The van der Waals surface area contributed by atoms with Crippen molar-refractivity contribution in [1.82, 2.24) is 4.90 Å². The molecule has 2 bridgehead atoms. The van der Waals surface area contributed by atoms with Crippen molar-refractivity contribution in [2.75, 3.05) is 27.3 Å². The fourth-order valence-corrected chi connectivity index (χ4v) is 7.54. The molecule has 7 rings (SSSR count). The first-order chi connectivity index (χ1) is 20.6. The molecule has 3 aliphatic carbocycles. The number of ether oxygens (including phenoxy) is 4. The monoisotopic (exact) mass is 565 g/mol. The minimum absolute atomic E-state index is 0.0599. The zero-order valence-electron chi connectivity index (χ0n) is 24.5. The van der Waals surface area contributed by atoms with E-state index in [0.29, 0.717) is 36.3 Å². The Kier molecular flexibility index (Phi) is 7.28. The molecular weight excluding hydrogens is 526 g/mol. The quantitative estimate of drug-likeness (QED) is 0.266. The second-order valence-electron chi connectivity index (χ2n) is 12.3. The summed E-state index contributed by atoms with van der Waals surface area (Å²) < 4.78 is 25.0. The zero-order chi connectivity index (χ0) is 28.7. The van der Waals surface area contributed by atoms with Crippen molar-refractivity contribution < 1.29 is 23.7 Å². The SMILES string of the molecule is COC1=CC2[C@@H]3Cc4ccc(OC)c(OC(OCc5ccccc5)c5ccccc5)c4[C@]2(CCN3CC2CC2)CC1=O. The first kappa shape index (κ1) is 27.2. The zero-order valence-corrected chi connectivity index (χ0v) is 24.5. The Bertz CT molecular complexity index is 1470. The summed E-state index contributed by atoms with van der Waals surface area (Å²) in [7, 11) is 3.30. The second kappa shape index (κ2) is 11.2. The van der Waals surface area contributed by atoms with Crippen molar-refractivity contribution in [3.63, 3.8) is 0 Å². The minimum Gasteiger partial charge on any atom is -0.493 e. The Labute approximate surface area is 248 Å². The number of carbonyl (C=O) groups is 1. The molecule has 1 saturated heterocycles. The van der Waals surface area contributed by atoms with Gasteiger partial charge in [0.1, 0.15) is 0 Å². The predicted molar refractivity (Wildman–Crippen MR) is 160 cm³/mol. The summed E-state index contributed by atoms with van der Waals surface area (Å²) >= 11 is 0. The van der Waals surface area contributed by atoms with E-state index in [4.69, 9.17) is 18.9 Å². The Balaban J connectivity index is 1.32. The van der Waals surface area contributed by atoms with Gasteiger partial charge in [-0.05, 0) is 61.4 Å². The maximum Gasteiger partial charge on any atom is 0.227 e. The van der Waals surface area contributed by atoms with Gasteiger partial charge in [0, 0.05) is 41.5 Å². The van der Waals surface area contributed by atoms with Crippen LogP contribution in [0.15, 0.2) is 84.6 Å². The van der Waals surface area contributed by atoms with Crippen LogP contribution >= 0.6 is 0 Å². The molecule has 218 valence electrons. The van der Waals surface area contributed by atoms with Crippen LogP contribution in [0.1, 0.15) is 54.2 Å². The van der Waals surface area contributed by atoms with Gasteiger partial charge in [-0.3, -0.25) is 9.69 Å². The Hall–Kier alpha value is -3.61. The van der Waals surface area contributed by atoms with Crippen LogP contribution in [-0.4, -0.2) is 44.0 Å². The van der Waals surface area contributed by atoms with Crippen molar-refractivity contribution >= 4 is 5.78 Å². The summed E-state index contributed by atoms with van der Waals surface area (Å²) in [6.07, 6.45) is 6.32. The lowest BCUT2D eigenvalue weighted by Crippen LogP contribution is -2.61. The van der Waals surface area contributed by atoms with Crippen LogP contribution in [-0.2, 0) is 32.7 Å². The third kappa shape index (κ3) is 4.91. The average molecular weight is 566 g/mol. The molecular formula is C36H39NO5. The van der Waals surface area contributed by atoms with Gasteiger partial charge in [-0.1, -0.05) is 66.7 Å². The molecule has 3 aromatic carbocycles. The molecule has 2 fully saturated rings. The first-order valence-electron chi connectivity index (χ1n) is 15.2. The van der Waals surface area contributed by atoms with E-state index in [9.17, 15) is 4.79 Å². The van der Waals surface area contributed by atoms with Crippen LogP contribution in [0.25, 0.3) is 0 Å². The normalized spacial score (nSPS) is 25.6. The molecule has 0 N–H and O–H groups in total. The number of fused-ring (bicyclic) bond motifs is 1. The maximum atomic E-state index is 13.5. The lowest BCUT2D eigenvalue weighted by atomic mass is 9.53. The molecule has 0 aromatic heterocycles. The fourth-order valence-electron chi connectivity index (χ4n) is 7.54. The third-order valence-corrected chi connectivity index (χ3v) is 9.75. The maximum absolute atomic E-state index is 13.5. The van der Waals surface area contributed by atoms with E-state index in [2.05, 4.69) is 29.2 Å². The molecule has 1 saturated carbocycles. The number of benzene rings is 3. The number of piperidine rings is 1. The van der Waals surface area contributed by atoms with Crippen molar-refractivity contribution in [1.29, 1.82) is 0 Å². The van der Waals surface area contributed by atoms with Crippen LogP contribution < -0.4 is 9.47 Å². The summed E-state index contributed by atoms with van der Waals surface area (Å²) in [6.45, 7) is 2.52. The van der Waals surface area contributed by atoms with Gasteiger partial charge in [-0.25, -0.2) is 0 Å². The van der Waals surface area contributed by atoms with E-state index in [0.717, 1.165) is 48.5 Å². The Morgan fingerprint density at radius 2 is 1.71 bits per heavy atom. The van der Waals surface area contributed by atoms with Crippen LogP contribution in [0, 0.1) is 11.8 Å². The topological polar surface area (TPSA) is 57.2 Å². The summed E-state index contributed by atoms with van der Waals surface area (Å²) in [6, 6.07) is 24.7. The number of hydrogen-bond donors (Lipinski definition) is 0. The molecule has 1 aliphatic heterocycles. The molecule has 6 nitrogen and oxygen atoms in total. The molecule has 6 heteroatoms. The van der Waals surface area contributed by atoms with E-state index in [1.807, 2.05) is 54.6 Å². The highest BCUT2D eigenvalue weighted by Gasteiger charge is 2.57. The number of ketones is 1. The third-order valence-electron chi connectivity index (χ3n) is 9.75. The Morgan fingerprint density at radius 1 is 0.952 bits per heavy atom. The van der Waals surface area contributed by atoms with Gasteiger partial charge < -0.3 is 18.9 Å². The molecule has 2 unspecified atom stereocenters. The largest absolute Gasteiger partial charge is 0.493 e. The lowest BCUT2D eigenvalue weighted by molar-refractivity contribution is -0.123. The van der Waals surface area contributed by atoms with Crippen molar-refractivity contribution in [3.8, 4) is 11.5 Å². The minimum atomic E-state index is -0.654. The average Bonchev–Trinajstić information content (AvgIpc) is 3.85. The number of Topliss-reactive ketones (excluding diaryl/α,β-unsaturated/α-hetero) is 1. The van der Waals surface area contributed by atoms with E-state index in [1.165, 1.54) is 18.4 Å². The summed E-state index contributed by atoms with van der Waals surface area (Å²) in [5.74, 6) is 2.87. The van der Waals surface area contributed by atoms with E-state index >= 15 is 0 Å².